The van der Waals surface area contributed by atoms with Gasteiger partial charge in [0.2, 0.25) is 11.8 Å². The summed E-state index contributed by atoms with van der Waals surface area (Å²) in [6.07, 6.45) is 0.159. The predicted molar refractivity (Wildman–Crippen MR) is 113 cm³/mol. The number of carbonyl (C=O) groups excluding carboxylic acids is 2. The molecule has 1 unspecified atom stereocenters. The summed E-state index contributed by atoms with van der Waals surface area (Å²) < 4.78 is 10.6. The topological polar surface area (TPSA) is 67.9 Å². The quantitative estimate of drug-likeness (QED) is 0.719. The number of fused-ring (bicyclic) bond motifs is 1. The van der Waals surface area contributed by atoms with E-state index in [1.54, 1.807) is 37.3 Å². The summed E-state index contributed by atoms with van der Waals surface area (Å²) in [5.41, 5.74) is 1.39. The number of nitrogens with one attached hydrogen (secondary N) is 1. The summed E-state index contributed by atoms with van der Waals surface area (Å²) in [5, 5.41) is 5.02. The van der Waals surface area contributed by atoms with Crippen LogP contribution in [0.15, 0.2) is 60.7 Å². The van der Waals surface area contributed by atoms with Gasteiger partial charge in [0.25, 0.3) is 0 Å². The minimum Gasteiger partial charge on any atom is -0.497 e. The molecular weight excluding hydrogens is 368 g/mol. The van der Waals surface area contributed by atoms with Crippen molar-refractivity contribution in [1.29, 1.82) is 0 Å². The first-order valence-electron chi connectivity index (χ1n) is 9.41. The van der Waals surface area contributed by atoms with Crippen LogP contribution in [0.3, 0.4) is 0 Å². The van der Waals surface area contributed by atoms with E-state index >= 15 is 0 Å². The molecule has 0 aromatic heterocycles. The van der Waals surface area contributed by atoms with Crippen LogP contribution in [-0.2, 0) is 9.59 Å². The molecule has 0 saturated carbocycles. The number of hydrogen-bond donors (Lipinski definition) is 1. The second kappa shape index (κ2) is 7.83. The van der Waals surface area contributed by atoms with Crippen LogP contribution in [0.2, 0.25) is 0 Å². The number of hydrogen-bond acceptors (Lipinski definition) is 4. The van der Waals surface area contributed by atoms with Gasteiger partial charge >= 0.3 is 0 Å². The van der Waals surface area contributed by atoms with E-state index in [2.05, 4.69) is 5.32 Å². The maximum absolute atomic E-state index is 12.9. The van der Waals surface area contributed by atoms with E-state index in [9.17, 15) is 9.59 Å². The molecule has 0 radical (unpaired) electrons. The van der Waals surface area contributed by atoms with Crippen LogP contribution in [0.25, 0.3) is 10.8 Å². The van der Waals surface area contributed by atoms with E-state index in [4.69, 9.17) is 9.47 Å². The summed E-state index contributed by atoms with van der Waals surface area (Å²) in [5.74, 6) is 0.472. The van der Waals surface area contributed by atoms with Crippen LogP contribution >= 0.6 is 0 Å². The molecule has 6 heteroatoms. The molecule has 1 saturated heterocycles. The molecule has 0 spiro atoms. The number of anilines is 2. The van der Waals surface area contributed by atoms with Crippen LogP contribution in [0.5, 0.6) is 11.5 Å². The Kier molecular flexibility index (Phi) is 5.08. The summed E-state index contributed by atoms with van der Waals surface area (Å²) in [6, 6.07) is 18.9. The average Bonchev–Trinajstić information content (AvgIpc) is 3.15. The summed E-state index contributed by atoms with van der Waals surface area (Å²) in [7, 11) is 3.12. The molecule has 1 fully saturated rings. The van der Waals surface area contributed by atoms with E-state index in [1.807, 2.05) is 42.5 Å². The Labute approximate surface area is 169 Å². The third-order valence-corrected chi connectivity index (χ3v) is 5.22. The van der Waals surface area contributed by atoms with E-state index in [1.165, 1.54) is 0 Å². The summed E-state index contributed by atoms with van der Waals surface area (Å²) >= 11 is 0. The molecule has 1 N–H and O–H groups in total. The molecule has 4 rings (SSSR count). The van der Waals surface area contributed by atoms with Gasteiger partial charge < -0.3 is 19.7 Å². The average molecular weight is 390 g/mol. The Morgan fingerprint density at radius 1 is 1.03 bits per heavy atom. The van der Waals surface area contributed by atoms with Crippen molar-refractivity contribution in [3.63, 3.8) is 0 Å². The minimum atomic E-state index is -0.437. The zero-order valence-electron chi connectivity index (χ0n) is 16.3. The number of benzene rings is 3. The van der Waals surface area contributed by atoms with Crippen molar-refractivity contribution >= 4 is 34.0 Å². The molecule has 3 aromatic rings. The molecule has 1 aliphatic heterocycles. The van der Waals surface area contributed by atoms with Crippen LogP contribution in [0.4, 0.5) is 11.4 Å². The Morgan fingerprint density at radius 3 is 2.62 bits per heavy atom. The number of methoxy groups -OCH3 is 2. The van der Waals surface area contributed by atoms with E-state index in [-0.39, 0.29) is 18.2 Å². The van der Waals surface area contributed by atoms with Gasteiger partial charge in [-0.2, -0.15) is 0 Å². The normalized spacial score (nSPS) is 16.1. The van der Waals surface area contributed by atoms with Crippen molar-refractivity contribution in [2.75, 3.05) is 31.0 Å². The number of amides is 2. The van der Waals surface area contributed by atoms with Crippen LogP contribution in [0, 0.1) is 5.92 Å². The van der Waals surface area contributed by atoms with Gasteiger partial charge in [0.1, 0.15) is 11.5 Å². The van der Waals surface area contributed by atoms with E-state index < -0.39 is 5.92 Å². The smallest absolute Gasteiger partial charge is 0.229 e. The molecule has 29 heavy (non-hydrogen) atoms. The predicted octanol–water partition coefficient (Wildman–Crippen LogP) is 3.85. The Morgan fingerprint density at radius 2 is 1.83 bits per heavy atom. The third kappa shape index (κ3) is 3.61. The number of nitrogens with zero attached hydrogens (tertiary/aromatic N) is 1. The van der Waals surface area contributed by atoms with Gasteiger partial charge in [-0.05, 0) is 23.6 Å². The van der Waals surface area contributed by atoms with E-state index in [0.29, 0.717) is 23.7 Å². The van der Waals surface area contributed by atoms with Crippen LogP contribution in [-0.4, -0.2) is 32.6 Å². The number of ether oxygens (including phenoxy) is 2. The maximum Gasteiger partial charge on any atom is 0.229 e. The Bertz CT molecular complexity index is 1070. The van der Waals surface area contributed by atoms with Crippen LogP contribution < -0.4 is 19.7 Å². The molecule has 0 bridgehead atoms. The first-order chi connectivity index (χ1) is 14.1. The highest BCUT2D eigenvalue weighted by atomic mass is 16.5. The fraction of sp³-hybridized carbons (Fsp3) is 0.217. The van der Waals surface area contributed by atoms with E-state index in [0.717, 1.165) is 16.5 Å². The Balaban J connectivity index is 1.54. The van der Waals surface area contributed by atoms with Gasteiger partial charge in [0, 0.05) is 30.1 Å². The van der Waals surface area contributed by atoms with Gasteiger partial charge in [-0.25, -0.2) is 0 Å². The fourth-order valence-electron chi connectivity index (χ4n) is 3.69. The molecular formula is C23H22N2O4. The molecule has 1 atom stereocenters. The molecule has 6 nitrogen and oxygen atoms in total. The lowest BCUT2D eigenvalue weighted by molar-refractivity contribution is -0.122. The van der Waals surface area contributed by atoms with Gasteiger partial charge in [0.05, 0.1) is 25.8 Å². The standard InChI is InChI=1S/C23H22N2O4/c1-28-17-10-11-20(21(13-17)29-2)25-14-16(12-22(25)26)23(27)24-19-9-5-7-15-6-3-4-8-18(15)19/h3-11,13,16H,12,14H2,1-2H3,(H,24,27). The molecule has 148 valence electrons. The van der Waals surface area contributed by atoms with Crippen molar-refractivity contribution in [1.82, 2.24) is 0 Å². The highest BCUT2D eigenvalue weighted by Crippen LogP contribution is 2.36. The molecule has 0 aliphatic carbocycles. The zero-order valence-corrected chi connectivity index (χ0v) is 16.3. The zero-order chi connectivity index (χ0) is 20.4. The van der Waals surface area contributed by atoms with Crippen LogP contribution in [0.1, 0.15) is 6.42 Å². The molecule has 1 aliphatic rings. The lowest BCUT2D eigenvalue weighted by Crippen LogP contribution is -2.28. The van der Waals surface area contributed by atoms with Gasteiger partial charge in [-0.1, -0.05) is 36.4 Å². The highest BCUT2D eigenvalue weighted by Gasteiger charge is 2.36. The first kappa shape index (κ1) is 18.8. The molecule has 2 amide bonds. The Hall–Kier alpha value is -3.54. The van der Waals surface area contributed by atoms with Gasteiger partial charge in [0.15, 0.2) is 0 Å². The third-order valence-electron chi connectivity index (χ3n) is 5.22. The highest BCUT2D eigenvalue weighted by molar-refractivity contribution is 6.07. The number of carbonyl (C=O) groups is 2. The second-order valence-corrected chi connectivity index (χ2v) is 6.96. The first-order valence-corrected chi connectivity index (χ1v) is 9.41. The van der Waals surface area contributed by atoms with Gasteiger partial charge in [-0.15, -0.1) is 0 Å². The van der Waals surface area contributed by atoms with Crippen molar-refractivity contribution in [3.8, 4) is 11.5 Å². The summed E-state index contributed by atoms with van der Waals surface area (Å²) in [6.45, 7) is 0.304. The lowest BCUT2D eigenvalue weighted by Gasteiger charge is -2.20. The lowest BCUT2D eigenvalue weighted by atomic mass is 10.1. The van der Waals surface area contributed by atoms with Crippen molar-refractivity contribution < 1.29 is 19.1 Å². The minimum absolute atomic E-state index is 0.105. The number of rotatable bonds is 5. The SMILES string of the molecule is COc1ccc(N2CC(C(=O)Nc3cccc4ccccc34)CC2=O)c(OC)c1. The van der Waals surface area contributed by atoms with Crippen molar-refractivity contribution in [2.24, 2.45) is 5.92 Å². The molecule has 1 heterocycles. The van der Waals surface area contributed by atoms with Gasteiger partial charge in [-0.3, -0.25) is 9.59 Å². The van der Waals surface area contributed by atoms with Crippen molar-refractivity contribution in [3.05, 3.63) is 60.7 Å². The maximum atomic E-state index is 12.9. The second-order valence-electron chi connectivity index (χ2n) is 6.96. The largest absolute Gasteiger partial charge is 0.497 e. The fourth-order valence-corrected chi connectivity index (χ4v) is 3.69. The van der Waals surface area contributed by atoms with Crippen molar-refractivity contribution in [2.45, 2.75) is 6.42 Å². The monoisotopic (exact) mass is 390 g/mol. The summed E-state index contributed by atoms with van der Waals surface area (Å²) in [4.78, 5) is 27.1. The molecule has 3 aromatic carbocycles.